The van der Waals surface area contributed by atoms with Crippen molar-refractivity contribution in [3.8, 4) is 0 Å². The van der Waals surface area contributed by atoms with Crippen LogP contribution in [0, 0.1) is 17.8 Å². The Bertz CT molecular complexity index is 288. The lowest BCUT2D eigenvalue weighted by atomic mass is 9.91. The summed E-state index contributed by atoms with van der Waals surface area (Å²) in [5, 5.41) is 0. The molecule has 0 saturated heterocycles. The van der Waals surface area contributed by atoms with Crippen molar-refractivity contribution in [1.29, 1.82) is 0 Å². The lowest BCUT2D eigenvalue weighted by Gasteiger charge is -2.11. The van der Waals surface area contributed by atoms with Gasteiger partial charge in [0.15, 0.2) is 5.78 Å². The summed E-state index contributed by atoms with van der Waals surface area (Å²) in [7, 11) is 0. The number of ketones is 1. The van der Waals surface area contributed by atoms with Crippen LogP contribution in [-0.4, -0.2) is 5.78 Å². The van der Waals surface area contributed by atoms with E-state index in [1.165, 1.54) is 5.54 Å². The lowest BCUT2D eigenvalue weighted by Crippen LogP contribution is -2.12. The minimum atomic E-state index is 0.0860. The molecular weight excluding hydrogens is 172 g/mol. The molecule has 1 nitrogen and oxygen atoms in total. The molecule has 0 N–H and O–H groups in total. The molecule has 0 radical (unpaired) electrons. The first kappa shape index (κ1) is 7.81. The van der Waals surface area contributed by atoms with Gasteiger partial charge in [-0.1, -0.05) is 35.9 Å². The highest BCUT2D eigenvalue weighted by atomic mass is 35.5. The van der Waals surface area contributed by atoms with Gasteiger partial charge in [-0.3, -0.25) is 4.79 Å². The molecule has 2 heteroatoms. The molecule has 0 unspecified atom stereocenters. The van der Waals surface area contributed by atoms with E-state index in [9.17, 15) is 4.79 Å². The van der Waals surface area contributed by atoms with Gasteiger partial charge in [-0.05, 0) is 6.08 Å². The van der Waals surface area contributed by atoms with E-state index in [2.05, 4.69) is 6.08 Å². The largest absolute Gasteiger partial charge is 0.294 e. The van der Waals surface area contributed by atoms with Crippen LogP contribution in [0.4, 0.5) is 0 Å². The van der Waals surface area contributed by atoms with E-state index < -0.39 is 0 Å². The average molecular weight is 181 g/mol. The molecule has 0 aromatic rings. The van der Waals surface area contributed by atoms with E-state index in [0.29, 0.717) is 11.8 Å². The third-order valence-electron chi connectivity index (χ3n) is 2.51. The third kappa shape index (κ3) is 1.05. The van der Waals surface area contributed by atoms with Crippen LogP contribution < -0.4 is 0 Å². The quantitative estimate of drug-likeness (QED) is 0.566. The summed E-state index contributed by atoms with van der Waals surface area (Å²) < 4.78 is 0. The van der Waals surface area contributed by atoms with Crippen LogP contribution >= 0.6 is 11.6 Å². The Morgan fingerprint density at radius 2 is 2.17 bits per heavy atom. The zero-order valence-electron chi connectivity index (χ0n) is 6.48. The molecule has 62 valence electrons. The van der Waals surface area contributed by atoms with Crippen molar-refractivity contribution in [3.05, 3.63) is 35.9 Å². The Labute approximate surface area is 76.4 Å². The van der Waals surface area contributed by atoms with Crippen molar-refractivity contribution in [3.63, 3.8) is 0 Å². The predicted molar refractivity (Wildman–Crippen MR) is 48.8 cm³/mol. The van der Waals surface area contributed by atoms with E-state index in [4.69, 9.17) is 11.6 Å². The molecule has 2 aliphatic rings. The normalized spacial score (nSPS) is 38.4. The number of hydrogen-bond acceptors (Lipinski definition) is 1. The van der Waals surface area contributed by atoms with Crippen molar-refractivity contribution < 1.29 is 4.79 Å². The summed E-state index contributed by atoms with van der Waals surface area (Å²) in [6, 6.07) is 0. The smallest absolute Gasteiger partial charge is 0.162 e. The van der Waals surface area contributed by atoms with Crippen LogP contribution in [0.5, 0.6) is 0 Å². The molecule has 0 fully saturated rings. The monoisotopic (exact) mass is 180 g/mol. The van der Waals surface area contributed by atoms with Gasteiger partial charge in [-0.2, -0.15) is 0 Å². The standard InChI is InChI=1S/C10H9ClO/c11-6-5-7-1-2-9-8(7)3-4-10(9)12/h1-9H/b6-5-/t7-,8+,9-/m0/s1. The molecule has 0 spiro atoms. The van der Waals surface area contributed by atoms with Gasteiger partial charge < -0.3 is 0 Å². The first-order valence-corrected chi connectivity index (χ1v) is 4.44. The van der Waals surface area contributed by atoms with Crippen molar-refractivity contribution in [2.45, 2.75) is 0 Å². The fraction of sp³-hybridized carbons (Fsp3) is 0.300. The van der Waals surface area contributed by atoms with Crippen LogP contribution in [0.3, 0.4) is 0 Å². The number of halogens is 1. The first-order valence-electron chi connectivity index (χ1n) is 4.00. The Morgan fingerprint density at radius 3 is 2.92 bits per heavy atom. The zero-order chi connectivity index (χ0) is 8.55. The number of carbonyl (C=O) groups excluding carboxylic acids is 1. The molecule has 12 heavy (non-hydrogen) atoms. The SMILES string of the molecule is O=C1C=C[C@H]2[C@@H]1C=C[C@H]2/C=C\Cl. The molecule has 0 bridgehead atoms. The van der Waals surface area contributed by atoms with Crippen LogP contribution in [0.1, 0.15) is 0 Å². The Hall–Kier alpha value is -0.820. The number of carbonyl (C=O) groups is 1. The topological polar surface area (TPSA) is 17.1 Å². The van der Waals surface area contributed by atoms with Gasteiger partial charge in [0.05, 0.1) is 0 Å². The molecular formula is C10H9ClO. The Kier molecular flexibility index (Phi) is 1.89. The fourth-order valence-electron chi connectivity index (χ4n) is 1.87. The Morgan fingerprint density at radius 1 is 1.33 bits per heavy atom. The number of fused-ring (bicyclic) bond motifs is 1. The molecule has 0 amide bonds. The van der Waals surface area contributed by atoms with E-state index >= 15 is 0 Å². The van der Waals surface area contributed by atoms with Gasteiger partial charge in [0, 0.05) is 23.3 Å². The highest BCUT2D eigenvalue weighted by molar-refractivity contribution is 6.25. The Balaban J connectivity index is 2.21. The molecule has 3 atom stereocenters. The lowest BCUT2D eigenvalue weighted by molar-refractivity contribution is -0.116. The summed E-state index contributed by atoms with van der Waals surface area (Å²) in [4.78, 5) is 11.2. The second kappa shape index (κ2) is 2.91. The van der Waals surface area contributed by atoms with Crippen LogP contribution in [0.25, 0.3) is 0 Å². The van der Waals surface area contributed by atoms with Crippen LogP contribution in [0.2, 0.25) is 0 Å². The summed E-state index contributed by atoms with van der Waals surface area (Å²) in [5.74, 6) is 0.951. The van der Waals surface area contributed by atoms with Gasteiger partial charge in [0.25, 0.3) is 0 Å². The minimum Gasteiger partial charge on any atom is -0.294 e. The third-order valence-corrected chi connectivity index (χ3v) is 2.65. The maximum absolute atomic E-state index is 11.2. The molecule has 0 saturated carbocycles. The fourth-order valence-corrected chi connectivity index (χ4v) is 2.04. The van der Waals surface area contributed by atoms with E-state index in [0.717, 1.165) is 0 Å². The van der Waals surface area contributed by atoms with E-state index in [1.54, 1.807) is 6.08 Å². The maximum atomic E-state index is 11.2. The molecule has 0 aromatic heterocycles. The predicted octanol–water partition coefficient (Wildman–Crippen LogP) is 2.30. The van der Waals surface area contributed by atoms with Crippen LogP contribution in [-0.2, 0) is 4.79 Å². The zero-order valence-corrected chi connectivity index (χ0v) is 7.24. The molecule has 0 aromatic carbocycles. The van der Waals surface area contributed by atoms with Gasteiger partial charge >= 0.3 is 0 Å². The van der Waals surface area contributed by atoms with E-state index in [-0.39, 0.29) is 11.7 Å². The summed E-state index contributed by atoms with van der Waals surface area (Å²) in [6.45, 7) is 0. The molecule has 0 aliphatic heterocycles. The first-order chi connectivity index (χ1) is 5.83. The average Bonchev–Trinajstić information content (AvgIpc) is 2.58. The second-order valence-electron chi connectivity index (χ2n) is 3.15. The molecule has 2 rings (SSSR count). The van der Waals surface area contributed by atoms with Crippen molar-refractivity contribution >= 4 is 17.4 Å². The highest BCUT2D eigenvalue weighted by Crippen LogP contribution is 2.37. The number of rotatable bonds is 1. The van der Waals surface area contributed by atoms with Gasteiger partial charge in [0.2, 0.25) is 0 Å². The number of allylic oxidation sites excluding steroid dienone is 5. The summed E-state index contributed by atoms with van der Waals surface area (Å²) in [5.41, 5.74) is 1.52. The maximum Gasteiger partial charge on any atom is 0.162 e. The van der Waals surface area contributed by atoms with Crippen molar-refractivity contribution in [2.75, 3.05) is 0 Å². The van der Waals surface area contributed by atoms with Crippen LogP contribution in [0.15, 0.2) is 35.9 Å². The molecule has 2 aliphatic carbocycles. The minimum absolute atomic E-state index is 0.0860. The van der Waals surface area contributed by atoms with Gasteiger partial charge in [0.1, 0.15) is 0 Å². The number of hydrogen-bond donors (Lipinski definition) is 0. The van der Waals surface area contributed by atoms with Gasteiger partial charge in [-0.15, -0.1) is 0 Å². The second-order valence-corrected chi connectivity index (χ2v) is 3.40. The van der Waals surface area contributed by atoms with Gasteiger partial charge in [-0.25, -0.2) is 0 Å². The molecule has 0 heterocycles. The summed E-state index contributed by atoms with van der Waals surface area (Å²) in [6.07, 6.45) is 9.61. The van der Waals surface area contributed by atoms with E-state index in [1.807, 2.05) is 18.2 Å². The van der Waals surface area contributed by atoms with Crippen molar-refractivity contribution in [1.82, 2.24) is 0 Å². The highest BCUT2D eigenvalue weighted by Gasteiger charge is 2.35. The summed E-state index contributed by atoms with van der Waals surface area (Å²) >= 11 is 5.48. The van der Waals surface area contributed by atoms with Crippen molar-refractivity contribution in [2.24, 2.45) is 17.8 Å².